The summed E-state index contributed by atoms with van der Waals surface area (Å²) in [6.45, 7) is 5.43. The summed E-state index contributed by atoms with van der Waals surface area (Å²) in [7, 11) is 1.53. The Morgan fingerprint density at radius 1 is 1.10 bits per heavy atom. The van der Waals surface area contributed by atoms with Gasteiger partial charge in [-0.05, 0) is 89.6 Å². The molecule has 1 aromatic carbocycles. The molecule has 5 rings (SSSR count). The Hall–Kier alpha value is -2.94. The van der Waals surface area contributed by atoms with Crippen LogP contribution in [0.2, 0.25) is 0 Å². The van der Waals surface area contributed by atoms with Crippen molar-refractivity contribution in [3.63, 3.8) is 0 Å². The van der Waals surface area contributed by atoms with Crippen LogP contribution < -0.4 is 10.1 Å². The van der Waals surface area contributed by atoms with E-state index < -0.39 is 5.82 Å². The molecule has 1 aromatic heterocycles. The number of aromatic nitrogens is 2. The van der Waals surface area contributed by atoms with E-state index in [4.69, 9.17) is 9.84 Å². The molecule has 1 saturated heterocycles. The number of piperidine rings is 1. The second-order valence-electron chi connectivity index (χ2n) is 12.0. The summed E-state index contributed by atoms with van der Waals surface area (Å²) in [6, 6.07) is 6.63. The molecule has 1 N–H and O–H groups in total. The zero-order chi connectivity index (χ0) is 28.8. The van der Waals surface area contributed by atoms with E-state index in [9.17, 15) is 9.59 Å². The number of benzene rings is 1. The monoisotopic (exact) mass is 567 g/mol. The minimum Gasteiger partial charge on any atom is -0.496 e. The van der Waals surface area contributed by atoms with Gasteiger partial charge in [0.25, 0.3) is 5.91 Å². The lowest BCUT2D eigenvalue weighted by molar-refractivity contribution is -0.123. The van der Waals surface area contributed by atoms with Gasteiger partial charge in [0.15, 0.2) is 5.69 Å². The molecule has 2 heterocycles. The lowest BCUT2D eigenvalue weighted by atomic mass is 9.93. The smallest absolute Gasteiger partial charge is 0.274 e. The molecule has 1 aliphatic heterocycles. The summed E-state index contributed by atoms with van der Waals surface area (Å²) < 4.78 is 22.6. The van der Waals surface area contributed by atoms with E-state index in [1.54, 1.807) is 18.2 Å². The van der Waals surface area contributed by atoms with Crippen LogP contribution in [0.5, 0.6) is 5.75 Å². The van der Waals surface area contributed by atoms with Crippen molar-refractivity contribution < 1.29 is 18.7 Å². The van der Waals surface area contributed by atoms with Gasteiger partial charge in [-0.15, -0.1) is 0 Å². The van der Waals surface area contributed by atoms with Crippen LogP contribution in [-0.2, 0) is 4.79 Å². The Labute approximate surface area is 243 Å². The number of nitrogens with zero attached hydrogens (tertiary/aromatic N) is 4. The highest BCUT2D eigenvalue weighted by atomic mass is 19.1. The fourth-order valence-electron chi connectivity index (χ4n) is 6.69. The number of halogens is 1. The van der Waals surface area contributed by atoms with Crippen LogP contribution in [0.4, 0.5) is 4.39 Å². The Morgan fingerprint density at radius 2 is 1.85 bits per heavy atom. The zero-order valence-corrected chi connectivity index (χ0v) is 24.7. The fourth-order valence-corrected chi connectivity index (χ4v) is 6.69. The summed E-state index contributed by atoms with van der Waals surface area (Å²) in [5, 5.41) is 8.00. The third-order valence-corrected chi connectivity index (χ3v) is 9.24. The molecular formula is C32H46FN5O3. The topological polar surface area (TPSA) is 79.7 Å². The van der Waals surface area contributed by atoms with E-state index in [1.165, 1.54) is 32.4 Å². The minimum atomic E-state index is -0.401. The van der Waals surface area contributed by atoms with Crippen molar-refractivity contribution in [1.82, 2.24) is 24.9 Å². The lowest BCUT2D eigenvalue weighted by Gasteiger charge is -2.34. The van der Waals surface area contributed by atoms with Crippen LogP contribution in [0.3, 0.4) is 0 Å². The molecule has 0 radical (unpaired) electrons. The number of amides is 2. The Bertz CT molecular complexity index is 1180. The van der Waals surface area contributed by atoms with Crippen molar-refractivity contribution >= 4 is 11.8 Å². The van der Waals surface area contributed by atoms with Crippen LogP contribution in [0.15, 0.2) is 24.3 Å². The molecule has 0 unspecified atom stereocenters. The van der Waals surface area contributed by atoms with E-state index in [-0.39, 0.29) is 36.4 Å². The average Bonchev–Trinajstić information content (AvgIpc) is 3.65. The highest BCUT2D eigenvalue weighted by Gasteiger charge is 2.32. The largest absolute Gasteiger partial charge is 0.496 e. The Balaban J connectivity index is 1.43. The van der Waals surface area contributed by atoms with Crippen LogP contribution in [0.25, 0.3) is 11.3 Å². The maximum Gasteiger partial charge on any atom is 0.274 e. The van der Waals surface area contributed by atoms with Crippen molar-refractivity contribution in [2.75, 3.05) is 33.3 Å². The van der Waals surface area contributed by atoms with Crippen LogP contribution in [0.1, 0.15) is 101 Å². The molecule has 2 aliphatic carbocycles. The first kappa shape index (κ1) is 29.5. The molecule has 3 fully saturated rings. The third-order valence-electron chi connectivity index (χ3n) is 9.24. The first-order chi connectivity index (χ1) is 20.0. The van der Waals surface area contributed by atoms with Crippen molar-refractivity contribution in [3.8, 4) is 17.0 Å². The van der Waals surface area contributed by atoms with Gasteiger partial charge in [0.05, 0.1) is 24.4 Å². The zero-order valence-electron chi connectivity index (χ0n) is 24.7. The first-order valence-electron chi connectivity index (χ1n) is 15.7. The summed E-state index contributed by atoms with van der Waals surface area (Å²) in [6.07, 6.45) is 11.9. The summed E-state index contributed by atoms with van der Waals surface area (Å²) in [5.41, 5.74) is 1.19. The van der Waals surface area contributed by atoms with Gasteiger partial charge in [-0.3, -0.25) is 14.3 Å². The Morgan fingerprint density at radius 3 is 2.51 bits per heavy atom. The van der Waals surface area contributed by atoms with Gasteiger partial charge in [-0.25, -0.2) is 4.39 Å². The molecular weight excluding hydrogens is 521 g/mol. The second-order valence-corrected chi connectivity index (χ2v) is 12.0. The van der Waals surface area contributed by atoms with Crippen LogP contribution >= 0.6 is 0 Å². The summed E-state index contributed by atoms with van der Waals surface area (Å²) in [5.74, 6) is -0.178. The highest BCUT2D eigenvalue weighted by molar-refractivity contribution is 5.94. The van der Waals surface area contributed by atoms with E-state index in [2.05, 4.69) is 10.2 Å². The van der Waals surface area contributed by atoms with Gasteiger partial charge >= 0.3 is 0 Å². The van der Waals surface area contributed by atoms with Gasteiger partial charge in [0.2, 0.25) is 5.91 Å². The van der Waals surface area contributed by atoms with Gasteiger partial charge in [0.1, 0.15) is 11.6 Å². The number of hydrogen-bond donors (Lipinski definition) is 1. The molecule has 9 heteroatoms. The summed E-state index contributed by atoms with van der Waals surface area (Å²) in [4.78, 5) is 31.5. The predicted octanol–water partition coefficient (Wildman–Crippen LogP) is 5.58. The fraction of sp³-hybridized carbons (Fsp3) is 0.656. The maximum absolute atomic E-state index is 15.2. The second kappa shape index (κ2) is 13.8. The number of carbonyl (C=O) groups is 2. The van der Waals surface area contributed by atoms with Crippen LogP contribution in [0, 0.1) is 5.82 Å². The van der Waals surface area contributed by atoms with Gasteiger partial charge < -0.3 is 19.9 Å². The summed E-state index contributed by atoms with van der Waals surface area (Å²) >= 11 is 0. The quantitative estimate of drug-likeness (QED) is 0.362. The van der Waals surface area contributed by atoms with Crippen molar-refractivity contribution in [2.45, 2.75) is 102 Å². The number of methoxy groups -OCH3 is 1. The number of likely N-dealkylation sites (tertiary alicyclic amines) is 1. The lowest BCUT2D eigenvalue weighted by Crippen LogP contribution is -2.47. The maximum atomic E-state index is 15.2. The van der Waals surface area contributed by atoms with E-state index >= 15 is 4.39 Å². The van der Waals surface area contributed by atoms with Crippen LogP contribution in [-0.4, -0.2) is 76.8 Å². The molecule has 2 saturated carbocycles. The average molecular weight is 568 g/mol. The minimum absolute atomic E-state index is 0.0119. The predicted molar refractivity (Wildman–Crippen MR) is 157 cm³/mol. The van der Waals surface area contributed by atoms with E-state index in [0.717, 1.165) is 71.0 Å². The SMILES string of the molecule is CCN(C(=O)c1cc(-c2c(F)cccc2OC)n(C2CCCC2)n1)[C@@H](CCN1CCCCC1)CC(=O)NC1CCC1. The number of rotatable bonds is 12. The molecule has 0 spiro atoms. The van der Waals surface area contributed by atoms with E-state index in [1.807, 2.05) is 16.5 Å². The molecule has 3 aliphatic rings. The van der Waals surface area contributed by atoms with Gasteiger partial charge in [0, 0.05) is 31.6 Å². The molecule has 224 valence electrons. The molecule has 2 amide bonds. The number of nitrogens with one attached hydrogen (secondary N) is 1. The van der Waals surface area contributed by atoms with Crippen molar-refractivity contribution in [1.29, 1.82) is 0 Å². The number of hydrogen-bond acceptors (Lipinski definition) is 5. The highest BCUT2D eigenvalue weighted by Crippen LogP contribution is 2.38. The van der Waals surface area contributed by atoms with E-state index in [0.29, 0.717) is 29.2 Å². The standard InChI is InChI=1S/C32H46FN5O3/c1-3-37(25(17-20-36-18-7-4-8-19-36)21-30(39)34-23-11-9-12-23)32(40)27-22-28(38(35-27)24-13-5-6-14-24)31-26(33)15-10-16-29(31)41-2/h10,15-16,22-25H,3-9,11-14,17-21H2,1-2H3,(H,34,39)/t25-/m0/s1. The van der Waals surface area contributed by atoms with Gasteiger partial charge in [-0.2, -0.15) is 5.10 Å². The third kappa shape index (κ3) is 6.93. The Kier molecular flexibility index (Phi) is 9.96. The molecule has 8 nitrogen and oxygen atoms in total. The molecule has 2 aromatic rings. The van der Waals surface area contributed by atoms with Crippen molar-refractivity contribution in [3.05, 3.63) is 35.8 Å². The van der Waals surface area contributed by atoms with Crippen molar-refractivity contribution in [2.24, 2.45) is 0 Å². The molecule has 41 heavy (non-hydrogen) atoms. The number of carbonyl (C=O) groups excluding carboxylic acids is 2. The normalized spacial score (nSPS) is 19.1. The van der Waals surface area contributed by atoms with Gasteiger partial charge in [-0.1, -0.05) is 25.3 Å². The molecule has 1 atom stereocenters. The molecule has 0 bridgehead atoms. The number of ether oxygens (including phenoxy) is 1. The first-order valence-corrected chi connectivity index (χ1v) is 15.7.